The molecule has 1 aliphatic heterocycles. The third-order valence-electron chi connectivity index (χ3n) is 5.64. The van der Waals surface area contributed by atoms with Gasteiger partial charge in [0, 0.05) is 12.3 Å². The molecule has 0 N–H and O–H groups in total. The quantitative estimate of drug-likeness (QED) is 0.743. The van der Waals surface area contributed by atoms with E-state index >= 15 is 0 Å². The Bertz CT molecular complexity index is 681. The van der Waals surface area contributed by atoms with Crippen molar-refractivity contribution in [3.63, 3.8) is 0 Å². The van der Waals surface area contributed by atoms with Gasteiger partial charge in [-0.05, 0) is 56.4 Å². The Kier molecular flexibility index (Phi) is 5.20. The largest absolute Gasteiger partial charge is 0.345 e. The number of rotatable bonds is 4. The summed E-state index contributed by atoms with van der Waals surface area (Å²) in [6.45, 7) is 7.48. The van der Waals surface area contributed by atoms with Crippen molar-refractivity contribution in [3.8, 4) is 6.07 Å². The minimum atomic E-state index is 0.355. The van der Waals surface area contributed by atoms with Crippen molar-refractivity contribution in [3.05, 3.63) is 28.8 Å². The molecule has 0 aromatic heterocycles. The van der Waals surface area contributed by atoms with Gasteiger partial charge < -0.3 is 4.90 Å². The van der Waals surface area contributed by atoms with Crippen molar-refractivity contribution in [1.82, 2.24) is 4.90 Å². The number of nitrogens with zero attached hydrogens (tertiary/aromatic N) is 3. The second kappa shape index (κ2) is 7.19. The summed E-state index contributed by atoms with van der Waals surface area (Å²) in [5, 5.41) is 10.4. The van der Waals surface area contributed by atoms with Crippen LogP contribution in [0, 0.1) is 25.2 Å². The Morgan fingerprint density at radius 1 is 1.25 bits per heavy atom. The fraction of sp³-hybridized carbons (Fsp3) is 0.600. The van der Waals surface area contributed by atoms with Gasteiger partial charge in [-0.15, -0.1) is 0 Å². The van der Waals surface area contributed by atoms with E-state index in [0.29, 0.717) is 5.54 Å². The van der Waals surface area contributed by atoms with Gasteiger partial charge in [0.1, 0.15) is 0 Å². The average Bonchev–Trinajstić information content (AvgIpc) is 3.19. The molecule has 2 aliphatic rings. The van der Waals surface area contributed by atoms with Crippen LogP contribution in [0.4, 0.5) is 5.69 Å². The third kappa shape index (κ3) is 3.07. The SMILES string of the molecule is CCCCN1C(=Nc2ccc(C#N)c(C)c2C)SCC12CCCC2. The predicted molar refractivity (Wildman–Crippen MR) is 103 cm³/mol. The number of unbranched alkanes of at least 4 members (excludes halogenated alkanes) is 1. The minimum Gasteiger partial charge on any atom is -0.345 e. The first-order chi connectivity index (χ1) is 11.6. The molecule has 0 amide bonds. The number of amidine groups is 1. The minimum absolute atomic E-state index is 0.355. The van der Waals surface area contributed by atoms with Crippen LogP contribution >= 0.6 is 11.8 Å². The maximum Gasteiger partial charge on any atom is 0.164 e. The molecular formula is C20H27N3S. The summed E-state index contributed by atoms with van der Waals surface area (Å²) in [6, 6.07) is 6.18. The number of aliphatic imine (C=N–C) groups is 1. The Hall–Kier alpha value is -1.47. The molecule has 128 valence electrons. The number of thioether (sulfide) groups is 1. The molecule has 1 saturated heterocycles. The van der Waals surface area contributed by atoms with Crippen LogP contribution in [-0.2, 0) is 0 Å². The van der Waals surface area contributed by atoms with E-state index in [4.69, 9.17) is 4.99 Å². The molecule has 3 nitrogen and oxygen atoms in total. The fourth-order valence-corrected chi connectivity index (χ4v) is 5.34. The predicted octanol–water partition coefficient (Wildman–Crippen LogP) is 5.32. The van der Waals surface area contributed by atoms with Gasteiger partial charge in [-0.3, -0.25) is 0 Å². The Balaban J connectivity index is 1.94. The zero-order chi connectivity index (χ0) is 17.2. The summed E-state index contributed by atoms with van der Waals surface area (Å²) in [6.07, 6.45) is 7.78. The van der Waals surface area contributed by atoms with Crippen LogP contribution in [0.25, 0.3) is 0 Å². The lowest BCUT2D eigenvalue weighted by molar-refractivity contribution is 0.214. The van der Waals surface area contributed by atoms with E-state index in [2.05, 4.69) is 24.8 Å². The molecule has 1 aromatic rings. The van der Waals surface area contributed by atoms with Crippen LogP contribution in [0.1, 0.15) is 62.1 Å². The van der Waals surface area contributed by atoms with E-state index in [0.717, 1.165) is 28.9 Å². The number of hydrogen-bond acceptors (Lipinski definition) is 3. The maximum atomic E-state index is 9.20. The molecule has 3 rings (SSSR count). The van der Waals surface area contributed by atoms with Crippen LogP contribution in [0.2, 0.25) is 0 Å². The lowest BCUT2D eigenvalue weighted by Gasteiger charge is -2.35. The van der Waals surface area contributed by atoms with Crippen LogP contribution in [0.3, 0.4) is 0 Å². The van der Waals surface area contributed by atoms with Gasteiger partial charge in [-0.1, -0.05) is 37.9 Å². The van der Waals surface area contributed by atoms with Crippen LogP contribution in [0.15, 0.2) is 17.1 Å². The second-order valence-electron chi connectivity index (χ2n) is 7.11. The average molecular weight is 342 g/mol. The van der Waals surface area contributed by atoms with E-state index in [1.807, 2.05) is 30.8 Å². The molecule has 1 saturated carbocycles. The standard InChI is InChI=1S/C20H27N3S/c1-4-5-12-23-19(24-14-20(23)10-6-7-11-20)22-18-9-8-17(13-21)15(2)16(18)3/h8-9H,4-7,10-12,14H2,1-3H3. The van der Waals surface area contributed by atoms with Gasteiger partial charge in [-0.2, -0.15) is 5.26 Å². The highest BCUT2D eigenvalue weighted by atomic mass is 32.2. The van der Waals surface area contributed by atoms with Crippen LogP contribution in [0.5, 0.6) is 0 Å². The van der Waals surface area contributed by atoms with Crippen molar-refractivity contribution in [2.24, 2.45) is 4.99 Å². The molecule has 1 spiro atoms. The van der Waals surface area contributed by atoms with Crippen molar-refractivity contribution in [2.45, 2.75) is 64.8 Å². The van der Waals surface area contributed by atoms with Crippen molar-refractivity contribution in [1.29, 1.82) is 5.26 Å². The van der Waals surface area contributed by atoms with E-state index in [1.54, 1.807) is 0 Å². The first-order valence-electron chi connectivity index (χ1n) is 9.11. The van der Waals surface area contributed by atoms with E-state index in [-0.39, 0.29) is 0 Å². The molecule has 0 radical (unpaired) electrons. The molecule has 0 bridgehead atoms. The summed E-state index contributed by atoms with van der Waals surface area (Å²) < 4.78 is 0. The highest BCUT2D eigenvalue weighted by Crippen LogP contribution is 2.45. The van der Waals surface area contributed by atoms with E-state index in [9.17, 15) is 5.26 Å². The molecule has 1 aromatic carbocycles. The van der Waals surface area contributed by atoms with Crippen molar-refractivity contribution >= 4 is 22.6 Å². The van der Waals surface area contributed by atoms with Crippen molar-refractivity contribution in [2.75, 3.05) is 12.3 Å². The Labute approximate surface area is 150 Å². The first kappa shape index (κ1) is 17.4. The highest BCUT2D eigenvalue weighted by Gasteiger charge is 2.46. The first-order valence-corrected chi connectivity index (χ1v) is 10.1. The lowest BCUT2D eigenvalue weighted by atomic mass is 9.98. The molecular weight excluding hydrogens is 314 g/mol. The molecule has 2 fully saturated rings. The Morgan fingerprint density at radius 3 is 2.67 bits per heavy atom. The van der Waals surface area contributed by atoms with Gasteiger partial charge in [0.2, 0.25) is 0 Å². The van der Waals surface area contributed by atoms with Crippen LogP contribution in [-0.4, -0.2) is 27.9 Å². The molecule has 0 atom stereocenters. The molecule has 24 heavy (non-hydrogen) atoms. The maximum absolute atomic E-state index is 9.20. The molecule has 1 heterocycles. The summed E-state index contributed by atoms with van der Waals surface area (Å²) in [5.41, 5.74) is 4.31. The zero-order valence-corrected chi connectivity index (χ0v) is 15.9. The van der Waals surface area contributed by atoms with Gasteiger partial charge in [0.05, 0.1) is 22.9 Å². The summed E-state index contributed by atoms with van der Waals surface area (Å²) >= 11 is 1.93. The summed E-state index contributed by atoms with van der Waals surface area (Å²) in [4.78, 5) is 7.66. The lowest BCUT2D eigenvalue weighted by Crippen LogP contribution is -2.45. The Morgan fingerprint density at radius 2 is 2.00 bits per heavy atom. The number of hydrogen-bond donors (Lipinski definition) is 0. The van der Waals surface area contributed by atoms with Gasteiger partial charge in [0.15, 0.2) is 5.17 Å². The van der Waals surface area contributed by atoms with Crippen LogP contribution < -0.4 is 0 Å². The number of benzene rings is 1. The third-order valence-corrected chi connectivity index (χ3v) is 6.89. The molecule has 0 unspecified atom stereocenters. The van der Waals surface area contributed by atoms with Gasteiger partial charge in [0.25, 0.3) is 0 Å². The molecule has 1 aliphatic carbocycles. The summed E-state index contributed by atoms with van der Waals surface area (Å²) in [5.74, 6) is 1.18. The van der Waals surface area contributed by atoms with Gasteiger partial charge in [-0.25, -0.2) is 4.99 Å². The number of nitriles is 1. The highest BCUT2D eigenvalue weighted by molar-refractivity contribution is 8.14. The second-order valence-corrected chi connectivity index (χ2v) is 8.06. The normalized spacial score (nSPS) is 20.9. The monoisotopic (exact) mass is 341 g/mol. The smallest absolute Gasteiger partial charge is 0.164 e. The van der Waals surface area contributed by atoms with Gasteiger partial charge >= 0.3 is 0 Å². The zero-order valence-electron chi connectivity index (χ0n) is 15.1. The molecule has 4 heteroatoms. The van der Waals surface area contributed by atoms with Crippen molar-refractivity contribution < 1.29 is 0 Å². The topological polar surface area (TPSA) is 39.4 Å². The fourth-order valence-electron chi connectivity index (χ4n) is 3.90. The summed E-state index contributed by atoms with van der Waals surface area (Å²) in [7, 11) is 0. The van der Waals surface area contributed by atoms with E-state index in [1.165, 1.54) is 49.4 Å². The van der Waals surface area contributed by atoms with E-state index < -0.39 is 0 Å².